The highest BCUT2D eigenvalue weighted by atomic mass is 31.1. The summed E-state index contributed by atoms with van der Waals surface area (Å²) in [6, 6.07) is 0. The third kappa shape index (κ3) is 8.39. The summed E-state index contributed by atoms with van der Waals surface area (Å²) in [4.78, 5) is 0. The zero-order valence-corrected chi connectivity index (χ0v) is 8.15. The van der Waals surface area contributed by atoms with E-state index in [1.54, 1.807) is 0 Å². The minimum absolute atomic E-state index is 0.727. The van der Waals surface area contributed by atoms with E-state index < -0.39 is 0 Å². The Hall–Kier alpha value is 0.390. The monoisotopic (exact) mass is 162 g/mol. The van der Waals surface area contributed by atoms with E-state index in [0.717, 1.165) is 15.4 Å². The highest BCUT2D eigenvalue weighted by Gasteiger charge is 1.86. The van der Waals surface area contributed by atoms with Crippen LogP contribution in [0, 0.1) is 0 Å². The average Bonchev–Trinajstić information content (AvgIpc) is 1.97. The molecule has 0 aromatic carbocycles. The van der Waals surface area contributed by atoms with E-state index in [0.29, 0.717) is 0 Å². The molecule has 0 saturated heterocycles. The van der Waals surface area contributed by atoms with Crippen LogP contribution in [0.25, 0.3) is 0 Å². The van der Waals surface area contributed by atoms with Gasteiger partial charge in [0.15, 0.2) is 0 Å². The summed E-state index contributed by atoms with van der Waals surface area (Å²) in [5.74, 6) is 0. The normalized spacial score (nSPS) is 11.4. The Balaban J connectivity index is 2.65. The maximum absolute atomic E-state index is 5.36. The van der Waals surface area contributed by atoms with Crippen LogP contribution in [-0.4, -0.2) is 12.8 Å². The van der Waals surface area contributed by atoms with Crippen molar-refractivity contribution in [1.82, 2.24) is 0 Å². The van der Waals surface area contributed by atoms with E-state index in [9.17, 15) is 0 Å². The summed E-state index contributed by atoms with van der Waals surface area (Å²) < 4.78 is 5.36. The third-order valence-electron chi connectivity index (χ3n) is 1.35. The van der Waals surface area contributed by atoms with Crippen LogP contribution in [0.4, 0.5) is 0 Å². The second kappa shape index (κ2) is 9.39. The lowest BCUT2D eigenvalue weighted by Gasteiger charge is -2.00. The fraction of sp³-hybridized carbons (Fsp3) is 1.00. The van der Waals surface area contributed by atoms with Crippen molar-refractivity contribution in [3.63, 3.8) is 0 Å². The molecule has 10 heavy (non-hydrogen) atoms. The molecule has 0 radical (unpaired) electrons. The fourth-order valence-corrected chi connectivity index (χ4v) is 1.27. The first-order valence-corrected chi connectivity index (χ1v) is 5.38. The lowest BCUT2D eigenvalue weighted by molar-refractivity contribution is 0.346. The van der Waals surface area contributed by atoms with Crippen molar-refractivity contribution >= 4 is 8.81 Å². The SMILES string of the molecule is CCCCCCOPCC. The summed E-state index contributed by atoms with van der Waals surface area (Å²) in [7, 11) is 0.727. The lowest BCUT2D eigenvalue weighted by Crippen LogP contribution is -1.85. The van der Waals surface area contributed by atoms with Crippen molar-refractivity contribution < 1.29 is 4.52 Å². The van der Waals surface area contributed by atoms with Gasteiger partial charge in [0.05, 0.1) is 6.61 Å². The van der Waals surface area contributed by atoms with Crippen molar-refractivity contribution in [3.05, 3.63) is 0 Å². The topological polar surface area (TPSA) is 9.23 Å². The molecule has 1 nitrogen and oxygen atoms in total. The Kier molecular flexibility index (Phi) is 9.76. The van der Waals surface area contributed by atoms with Crippen molar-refractivity contribution in [2.75, 3.05) is 12.8 Å². The number of unbranched alkanes of at least 4 members (excludes halogenated alkanes) is 3. The molecule has 0 aliphatic rings. The predicted molar refractivity (Wildman–Crippen MR) is 49.0 cm³/mol. The van der Waals surface area contributed by atoms with E-state index in [1.165, 1.54) is 31.8 Å². The molecule has 0 aliphatic carbocycles. The third-order valence-corrected chi connectivity index (χ3v) is 2.04. The zero-order chi connectivity index (χ0) is 7.66. The Morgan fingerprint density at radius 2 is 1.90 bits per heavy atom. The quantitative estimate of drug-likeness (QED) is 0.412. The van der Waals surface area contributed by atoms with Crippen molar-refractivity contribution in [1.29, 1.82) is 0 Å². The van der Waals surface area contributed by atoms with Gasteiger partial charge >= 0.3 is 0 Å². The molecule has 0 rings (SSSR count). The number of rotatable bonds is 7. The van der Waals surface area contributed by atoms with Crippen LogP contribution in [0.3, 0.4) is 0 Å². The molecule has 62 valence electrons. The maximum Gasteiger partial charge on any atom is 0.0505 e. The molecule has 0 heterocycles. The van der Waals surface area contributed by atoms with Crippen LogP contribution in [0.5, 0.6) is 0 Å². The van der Waals surface area contributed by atoms with Gasteiger partial charge in [-0.3, -0.25) is 0 Å². The van der Waals surface area contributed by atoms with Crippen molar-refractivity contribution in [2.24, 2.45) is 0 Å². The molecule has 1 atom stereocenters. The second-order valence-corrected chi connectivity index (χ2v) is 3.69. The first-order chi connectivity index (χ1) is 4.91. The highest BCUT2D eigenvalue weighted by Crippen LogP contribution is 2.11. The molecule has 0 fully saturated rings. The molecule has 0 aromatic rings. The van der Waals surface area contributed by atoms with Crippen LogP contribution in [0.15, 0.2) is 0 Å². The van der Waals surface area contributed by atoms with E-state index in [4.69, 9.17) is 4.52 Å². The molecule has 2 heteroatoms. The van der Waals surface area contributed by atoms with Gasteiger partial charge in [-0.05, 0) is 12.6 Å². The van der Waals surface area contributed by atoms with E-state index in [-0.39, 0.29) is 0 Å². The second-order valence-electron chi connectivity index (χ2n) is 2.41. The van der Waals surface area contributed by atoms with Gasteiger partial charge < -0.3 is 4.52 Å². The van der Waals surface area contributed by atoms with Crippen molar-refractivity contribution in [3.8, 4) is 0 Å². The van der Waals surface area contributed by atoms with Crippen LogP contribution in [0.2, 0.25) is 0 Å². The Labute approximate surface area is 66.4 Å². The molecule has 0 aromatic heterocycles. The highest BCUT2D eigenvalue weighted by molar-refractivity contribution is 7.32. The minimum atomic E-state index is 0.727. The minimum Gasteiger partial charge on any atom is -0.362 e. The van der Waals surface area contributed by atoms with Crippen LogP contribution >= 0.6 is 8.81 Å². The summed E-state index contributed by atoms with van der Waals surface area (Å²) in [5.41, 5.74) is 0. The average molecular weight is 162 g/mol. The molecule has 0 bridgehead atoms. The molecular formula is C8H19OP. The van der Waals surface area contributed by atoms with E-state index >= 15 is 0 Å². The largest absolute Gasteiger partial charge is 0.362 e. The van der Waals surface area contributed by atoms with Gasteiger partial charge in [0.2, 0.25) is 0 Å². The summed E-state index contributed by atoms with van der Waals surface area (Å²) >= 11 is 0. The molecule has 0 spiro atoms. The summed E-state index contributed by atoms with van der Waals surface area (Å²) in [6.45, 7) is 5.37. The van der Waals surface area contributed by atoms with Crippen LogP contribution < -0.4 is 0 Å². The first-order valence-electron chi connectivity index (χ1n) is 4.26. The lowest BCUT2D eigenvalue weighted by atomic mass is 10.2. The number of hydrogen-bond donors (Lipinski definition) is 0. The van der Waals surface area contributed by atoms with Gasteiger partial charge in [0.1, 0.15) is 0 Å². The van der Waals surface area contributed by atoms with Crippen LogP contribution in [0.1, 0.15) is 39.5 Å². The van der Waals surface area contributed by atoms with E-state index in [2.05, 4.69) is 13.8 Å². The maximum atomic E-state index is 5.36. The van der Waals surface area contributed by atoms with Crippen LogP contribution in [-0.2, 0) is 4.52 Å². The molecule has 0 saturated carbocycles. The molecule has 0 N–H and O–H groups in total. The van der Waals surface area contributed by atoms with Gasteiger partial charge in [0, 0.05) is 8.81 Å². The first kappa shape index (κ1) is 10.4. The standard InChI is InChI=1S/C8H19OP/c1-3-5-6-7-8-9-10-4-2/h10H,3-8H2,1-2H3. The van der Waals surface area contributed by atoms with Gasteiger partial charge in [-0.15, -0.1) is 0 Å². The Morgan fingerprint density at radius 1 is 1.10 bits per heavy atom. The van der Waals surface area contributed by atoms with Gasteiger partial charge in [-0.1, -0.05) is 33.1 Å². The van der Waals surface area contributed by atoms with Gasteiger partial charge in [-0.2, -0.15) is 0 Å². The molecule has 1 unspecified atom stereocenters. The van der Waals surface area contributed by atoms with Crippen molar-refractivity contribution in [2.45, 2.75) is 39.5 Å². The van der Waals surface area contributed by atoms with Gasteiger partial charge in [0.25, 0.3) is 0 Å². The Morgan fingerprint density at radius 3 is 2.50 bits per heavy atom. The van der Waals surface area contributed by atoms with Gasteiger partial charge in [-0.25, -0.2) is 0 Å². The number of hydrogen-bond acceptors (Lipinski definition) is 1. The zero-order valence-electron chi connectivity index (χ0n) is 7.15. The van der Waals surface area contributed by atoms with E-state index in [1.807, 2.05) is 0 Å². The predicted octanol–water partition coefficient (Wildman–Crippen LogP) is 3.20. The molecular weight excluding hydrogens is 143 g/mol. The smallest absolute Gasteiger partial charge is 0.0505 e. The summed E-state index contributed by atoms with van der Waals surface area (Å²) in [5, 5.41) is 0. The fourth-order valence-electron chi connectivity index (χ4n) is 0.775. The Bertz CT molecular complexity index is 49.2. The summed E-state index contributed by atoms with van der Waals surface area (Å²) in [6.07, 6.45) is 6.44. The molecule has 0 amide bonds. The molecule has 0 aliphatic heterocycles.